The van der Waals surface area contributed by atoms with E-state index < -0.39 is 0 Å². The molecule has 7 aromatic rings. The Morgan fingerprint density at radius 1 is 0.368 bits per heavy atom. The highest BCUT2D eigenvalue weighted by Gasteiger charge is 2.44. The van der Waals surface area contributed by atoms with E-state index in [0.29, 0.717) is 11.8 Å². The third-order valence-corrected chi connectivity index (χ3v) is 14.4. The van der Waals surface area contributed by atoms with Crippen LogP contribution in [0.4, 0.5) is 22.7 Å². The third-order valence-electron chi connectivity index (χ3n) is 14.4. The Bertz CT molecular complexity index is 2830. The van der Waals surface area contributed by atoms with Gasteiger partial charge in [0.25, 0.3) is 0 Å². The van der Waals surface area contributed by atoms with E-state index in [4.69, 9.17) is 11.5 Å². The van der Waals surface area contributed by atoms with E-state index in [1.165, 1.54) is 112 Å². The summed E-state index contributed by atoms with van der Waals surface area (Å²) in [6, 6.07) is 45.5. The molecule has 2 aliphatic heterocycles. The number of nitrogens with two attached hydrogens (primary N) is 2. The van der Waals surface area contributed by atoms with Crippen LogP contribution in [0.5, 0.6) is 0 Å². The monoisotopic (exact) mass is 738 g/mol. The minimum Gasteiger partial charge on any atom is -0.399 e. The van der Waals surface area contributed by atoms with Gasteiger partial charge in [0.2, 0.25) is 0 Å². The van der Waals surface area contributed by atoms with Gasteiger partial charge in [0, 0.05) is 59.5 Å². The normalized spacial score (nSPS) is 20.1. The van der Waals surface area contributed by atoms with Crippen molar-refractivity contribution in [3.63, 3.8) is 0 Å². The predicted molar refractivity (Wildman–Crippen MR) is 234 cm³/mol. The number of benzene rings is 7. The molecule has 4 heteroatoms. The molecule has 0 saturated heterocycles. The molecule has 278 valence electrons. The van der Waals surface area contributed by atoms with Crippen LogP contribution in [-0.4, -0.2) is 6.67 Å². The van der Waals surface area contributed by atoms with Gasteiger partial charge in [-0.05, 0) is 164 Å². The maximum atomic E-state index is 6.06. The van der Waals surface area contributed by atoms with E-state index in [1.54, 1.807) is 0 Å². The molecule has 7 aromatic carbocycles. The van der Waals surface area contributed by atoms with Crippen molar-refractivity contribution in [2.45, 2.75) is 64.5 Å². The predicted octanol–water partition coefficient (Wildman–Crippen LogP) is 11.0. The molecular weight excluding hydrogens is 693 g/mol. The van der Waals surface area contributed by atoms with Crippen LogP contribution in [0.2, 0.25) is 0 Å². The summed E-state index contributed by atoms with van der Waals surface area (Å²) in [4.78, 5) is 5.18. The van der Waals surface area contributed by atoms with Gasteiger partial charge in [-0.1, -0.05) is 84.9 Å². The summed E-state index contributed by atoms with van der Waals surface area (Å²) in [7, 11) is 0. The Morgan fingerprint density at radius 3 is 1.23 bits per heavy atom. The molecule has 4 nitrogen and oxygen atoms in total. The van der Waals surface area contributed by atoms with Gasteiger partial charge < -0.3 is 21.3 Å². The average molecular weight is 739 g/mol. The van der Waals surface area contributed by atoms with Crippen molar-refractivity contribution in [3.05, 3.63) is 221 Å². The molecule has 0 radical (unpaired) electrons. The van der Waals surface area contributed by atoms with Gasteiger partial charge in [0.1, 0.15) is 0 Å². The van der Waals surface area contributed by atoms with Crippen molar-refractivity contribution in [1.82, 2.24) is 0 Å². The molecular formula is C53H46N4. The van der Waals surface area contributed by atoms with Crippen LogP contribution in [0.3, 0.4) is 0 Å². The highest BCUT2D eigenvalue weighted by molar-refractivity contribution is 5.76. The summed E-state index contributed by atoms with van der Waals surface area (Å²) in [6.45, 7) is 12.0. The lowest BCUT2D eigenvalue weighted by atomic mass is 9.60. The van der Waals surface area contributed by atoms with E-state index in [-0.39, 0.29) is 11.8 Å². The van der Waals surface area contributed by atoms with Gasteiger partial charge in [-0.25, -0.2) is 0 Å². The van der Waals surface area contributed by atoms with Crippen molar-refractivity contribution < 1.29 is 0 Å². The largest absolute Gasteiger partial charge is 0.399 e. The molecule has 4 N–H and O–H groups in total. The smallest absolute Gasteiger partial charge is 0.0910 e. The second-order valence-corrected chi connectivity index (χ2v) is 17.5. The molecule has 4 atom stereocenters. The lowest BCUT2D eigenvalue weighted by molar-refractivity contribution is 0.644. The fourth-order valence-electron chi connectivity index (χ4n) is 11.6. The van der Waals surface area contributed by atoms with Crippen molar-refractivity contribution in [3.8, 4) is 0 Å². The fourth-order valence-corrected chi connectivity index (χ4v) is 11.6. The van der Waals surface area contributed by atoms with Gasteiger partial charge in [0.05, 0.1) is 6.67 Å². The number of nitrogen functional groups attached to an aromatic ring is 2. The SMILES string of the molecule is Cc1cc2c(cc1C)N1Cc3cc4c(cc3N(C2)C1)C1c2ccccc2C4c2cc(C)c(C)cc21.Nc1ccc2c(c1)C1c3ccccc3C2c2cc(N)ccc21. The second-order valence-electron chi connectivity index (χ2n) is 17.5. The van der Waals surface area contributed by atoms with Gasteiger partial charge in [-0.15, -0.1) is 0 Å². The standard InChI is InChI=1S/C33H30N2.C20H16N2/c1-18-9-22-15-35-17-34(30(22)12-21(18)4)16-23-13-28-29(14-31(23)35)33-25-8-6-5-7-24(25)32(28)26-10-19(2)20(3)11-27(26)33;21-11-6-8-16-17(9-11)19-13-3-1-2-4-14(13)20(16)18-10-12(22)5-7-15(18)19/h5-14,32-33H,15-17H2,1-4H3;1-10,19-20H,21-22H2. The van der Waals surface area contributed by atoms with Crippen molar-refractivity contribution >= 4 is 22.7 Å². The summed E-state index contributed by atoms with van der Waals surface area (Å²) in [6.07, 6.45) is 0. The molecule has 2 heterocycles. The summed E-state index contributed by atoms with van der Waals surface area (Å²) in [5.74, 6) is 1.23. The van der Waals surface area contributed by atoms with Gasteiger partial charge >= 0.3 is 0 Å². The number of aryl methyl sites for hydroxylation is 4. The Morgan fingerprint density at radius 2 is 0.719 bits per heavy atom. The second kappa shape index (κ2) is 11.6. The first-order valence-electron chi connectivity index (χ1n) is 20.6. The molecule has 6 bridgehead atoms. The van der Waals surface area contributed by atoms with E-state index in [9.17, 15) is 0 Å². The molecule has 6 aliphatic carbocycles. The number of hydrogen-bond acceptors (Lipinski definition) is 4. The molecule has 0 aromatic heterocycles. The van der Waals surface area contributed by atoms with Crippen LogP contribution in [0.15, 0.2) is 121 Å². The van der Waals surface area contributed by atoms with Crippen molar-refractivity contribution in [1.29, 1.82) is 0 Å². The molecule has 0 saturated carbocycles. The van der Waals surface area contributed by atoms with Crippen LogP contribution in [0, 0.1) is 27.7 Å². The zero-order valence-corrected chi connectivity index (χ0v) is 33.0. The summed E-state index contributed by atoms with van der Waals surface area (Å²) < 4.78 is 0. The maximum absolute atomic E-state index is 6.06. The number of nitrogens with zero attached hydrogens (tertiary/aromatic N) is 2. The van der Waals surface area contributed by atoms with Crippen LogP contribution in [0.25, 0.3) is 0 Å². The van der Waals surface area contributed by atoms with Crippen LogP contribution < -0.4 is 21.3 Å². The first-order chi connectivity index (χ1) is 27.7. The molecule has 0 spiro atoms. The van der Waals surface area contributed by atoms with E-state index in [0.717, 1.165) is 31.1 Å². The van der Waals surface area contributed by atoms with E-state index >= 15 is 0 Å². The third kappa shape index (κ3) is 4.56. The molecule has 15 rings (SSSR count). The Kier molecular flexibility index (Phi) is 6.73. The Hall–Kier alpha value is -6.26. The minimum atomic E-state index is 0.273. The fraction of sp³-hybridized carbons (Fsp3) is 0.208. The number of anilines is 4. The zero-order chi connectivity index (χ0) is 38.4. The summed E-state index contributed by atoms with van der Waals surface area (Å²) in [5.41, 5.74) is 42.6. The van der Waals surface area contributed by atoms with E-state index in [2.05, 4.69) is 147 Å². The molecule has 0 amide bonds. The molecule has 0 fully saturated rings. The first-order valence-corrected chi connectivity index (χ1v) is 20.6. The number of rotatable bonds is 0. The maximum Gasteiger partial charge on any atom is 0.0910 e. The summed E-state index contributed by atoms with van der Waals surface area (Å²) >= 11 is 0. The highest BCUT2D eigenvalue weighted by atomic mass is 15.4. The van der Waals surface area contributed by atoms with Crippen molar-refractivity contribution in [2.75, 3.05) is 27.9 Å². The van der Waals surface area contributed by atoms with Crippen LogP contribution >= 0.6 is 0 Å². The van der Waals surface area contributed by atoms with Gasteiger partial charge in [-0.3, -0.25) is 0 Å². The molecule has 8 aliphatic rings. The van der Waals surface area contributed by atoms with Crippen LogP contribution in [0.1, 0.15) is 124 Å². The molecule has 57 heavy (non-hydrogen) atoms. The lowest BCUT2D eigenvalue weighted by Crippen LogP contribution is -2.46. The lowest BCUT2D eigenvalue weighted by Gasteiger charge is -2.48. The Balaban J connectivity index is 0.000000139. The first kappa shape index (κ1) is 32.9. The van der Waals surface area contributed by atoms with Crippen LogP contribution in [-0.2, 0) is 13.1 Å². The summed E-state index contributed by atoms with van der Waals surface area (Å²) in [5, 5.41) is 0. The zero-order valence-electron chi connectivity index (χ0n) is 33.0. The number of hydrogen-bond donors (Lipinski definition) is 2. The van der Waals surface area contributed by atoms with Gasteiger partial charge in [0.15, 0.2) is 0 Å². The van der Waals surface area contributed by atoms with E-state index in [1.807, 2.05) is 12.1 Å². The topological polar surface area (TPSA) is 58.5 Å². The van der Waals surface area contributed by atoms with Gasteiger partial charge in [-0.2, -0.15) is 0 Å². The van der Waals surface area contributed by atoms with Crippen molar-refractivity contribution in [2.24, 2.45) is 0 Å². The minimum absolute atomic E-state index is 0.273. The highest BCUT2D eigenvalue weighted by Crippen LogP contribution is 2.58. The average Bonchev–Trinajstić information content (AvgIpc) is 3.21. The molecule has 4 unspecified atom stereocenters. The Labute approximate surface area is 335 Å². The quantitative estimate of drug-likeness (QED) is 0.152. The number of fused-ring (bicyclic) bond motifs is 6.